The van der Waals surface area contributed by atoms with Gasteiger partial charge in [-0.15, -0.1) is 0 Å². The number of hydrogen-bond acceptors (Lipinski definition) is 4. The van der Waals surface area contributed by atoms with E-state index in [9.17, 15) is 14.4 Å². The number of amides is 3. The van der Waals surface area contributed by atoms with Crippen molar-refractivity contribution < 1.29 is 14.0 Å². The largest absolute Gasteiger partial charge is 0.422 e. The Labute approximate surface area is 187 Å². The molecule has 0 saturated carbocycles. The molecular formula is C26H28N2O4. The van der Waals surface area contributed by atoms with Gasteiger partial charge < -0.3 is 9.73 Å². The summed E-state index contributed by atoms with van der Waals surface area (Å²) in [5.41, 5.74) is 3.10. The highest BCUT2D eigenvalue weighted by molar-refractivity contribution is 6.07. The van der Waals surface area contributed by atoms with Crippen molar-refractivity contribution in [2.75, 3.05) is 0 Å². The fourth-order valence-corrected chi connectivity index (χ4v) is 4.17. The number of benzene rings is 2. The number of rotatable bonds is 3. The first-order chi connectivity index (χ1) is 14.9. The number of fused-ring (bicyclic) bond motifs is 1. The fraction of sp³-hybridized carbons (Fsp3) is 0.346. The van der Waals surface area contributed by atoms with Crippen LogP contribution in [0.4, 0.5) is 4.79 Å². The number of aryl methyl sites for hydroxylation is 2. The van der Waals surface area contributed by atoms with Crippen LogP contribution in [0.3, 0.4) is 0 Å². The van der Waals surface area contributed by atoms with Gasteiger partial charge >= 0.3 is 11.7 Å². The Bertz CT molecular complexity index is 1300. The molecule has 0 bridgehead atoms. The van der Waals surface area contributed by atoms with Gasteiger partial charge in [-0.2, -0.15) is 0 Å². The first-order valence-electron chi connectivity index (χ1n) is 10.7. The molecule has 6 nitrogen and oxygen atoms in total. The quantitative estimate of drug-likeness (QED) is 0.482. The number of carbonyl (C=O) groups excluding carboxylic acids is 2. The highest BCUT2D eigenvalue weighted by Gasteiger charge is 2.49. The molecule has 4 rings (SSSR count). The number of hydrogen-bond donors (Lipinski definition) is 1. The molecule has 6 heteroatoms. The molecule has 32 heavy (non-hydrogen) atoms. The van der Waals surface area contributed by atoms with Crippen LogP contribution in [-0.4, -0.2) is 16.8 Å². The Hall–Kier alpha value is -3.41. The molecule has 1 atom stereocenters. The first-order valence-corrected chi connectivity index (χ1v) is 10.7. The maximum Gasteiger partial charge on any atom is 0.336 e. The second kappa shape index (κ2) is 7.33. The van der Waals surface area contributed by atoms with Crippen LogP contribution < -0.4 is 10.9 Å². The molecule has 2 aromatic carbocycles. The third-order valence-electron chi connectivity index (χ3n) is 6.45. The van der Waals surface area contributed by atoms with Crippen LogP contribution in [0, 0.1) is 13.8 Å². The number of nitrogens with zero attached hydrogens (tertiary/aromatic N) is 1. The van der Waals surface area contributed by atoms with Crippen LogP contribution in [-0.2, 0) is 22.3 Å². The summed E-state index contributed by atoms with van der Waals surface area (Å²) in [6, 6.07) is 12.4. The summed E-state index contributed by atoms with van der Waals surface area (Å²) in [6.07, 6.45) is 0. The van der Waals surface area contributed by atoms with Gasteiger partial charge in [0.2, 0.25) is 0 Å². The third kappa shape index (κ3) is 3.49. The minimum atomic E-state index is -1.17. The molecule has 1 saturated heterocycles. The van der Waals surface area contributed by atoms with E-state index in [-0.39, 0.29) is 17.9 Å². The first kappa shape index (κ1) is 21.8. The molecule has 0 spiro atoms. The summed E-state index contributed by atoms with van der Waals surface area (Å²) in [7, 11) is 0. The van der Waals surface area contributed by atoms with E-state index in [1.54, 1.807) is 6.92 Å². The SMILES string of the molecule is Cc1ccc2c(CN3C(=O)NC(C)(c4ccc(C(C)(C)C)cc4)C3=O)cc(=O)oc2c1C. The van der Waals surface area contributed by atoms with Crippen LogP contribution in [0.15, 0.2) is 51.7 Å². The van der Waals surface area contributed by atoms with Crippen molar-refractivity contribution in [3.63, 3.8) is 0 Å². The van der Waals surface area contributed by atoms with Gasteiger partial charge in [0.25, 0.3) is 5.91 Å². The maximum atomic E-state index is 13.4. The molecular weight excluding hydrogens is 404 g/mol. The minimum absolute atomic E-state index is 0.00900. The summed E-state index contributed by atoms with van der Waals surface area (Å²) >= 11 is 0. The molecule has 1 N–H and O–H groups in total. The van der Waals surface area contributed by atoms with E-state index >= 15 is 0 Å². The van der Waals surface area contributed by atoms with Crippen molar-refractivity contribution in [1.29, 1.82) is 0 Å². The predicted octanol–water partition coefficient (Wildman–Crippen LogP) is 4.67. The summed E-state index contributed by atoms with van der Waals surface area (Å²) in [6.45, 7) is 11.9. The lowest BCUT2D eigenvalue weighted by atomic mass is 9.84. The van der Waals surface area contributed by atoms with E-state index in [2.05, 4.69) is 26.1 Å². The second-order valence-corrected chi connectivity index (χ2v) is 9.75. The topological polar surface area (TPSA) is 79.6 Å². The highest BCUT2D eigenvalue weighted by atomic mass is 16.4. The van der Waals surface area contributed by atoms with Gasteiger partial charge in [0.05, 0.1) is 6.54 Å². The molecule has 3 aromatic rings. The van der Waals surface area contributed by atoms with Crippen LogP contribution in [0.25, 0.3) is 11.0 Å². The minimum Gasteiger partial charge on any atom is -0.422 e. The molecule has 1 unspecified atom stereocenters. The molecule has 166 valence electrons. The number of carbonyl (C=O) groups is 2. The maximum absolute atomic E-state index is 13.4. The molecule has 1 aliphatic rings. The fourth-order valence-electron chi connectivity index (χ4n) is 4.17. The van der Waals surface area contributed by atoms with Gasteiger partial charge in [-0.3, -0.25) is 9.69 Å². The molecule has 0 aliphatic carbocycles. The number of imide groups is 1. The van der Waals surface area contributed by atoms with E-state index in [0.717, 1.165) is 27.6 Å². The van der Waals surface area contributed by atoms with Crippen molar-refractivity contribution in [2.45, 2.75) is 59.0 Å². The smallest absolute Gasteiger partial charge is 0.336 e. The molecule has 1 fully saturated rings. The molecule has 0 radical (unpaired) electrons. The average Bonchev–Trinajstić information content (AvgIpc) is 2.94. The van der Waals surface area contributed by atoms with Crippen molar-refractivity contribution in [2.24, 2.45) is 0 Å². The Morgan fingerprint density at radius 3 is 2.28 bits per heavy atom. The Balaban J connectivity index is 1.70. The molecule has 1 aliphatic heterocycles. The van der Waals surface area contributed by atoms with E-state index in [0.29, 0.717) is 11.1 Å². The van der Waals surface area contributed by atoms with Crippen LogP contribution >= 0.6 is 0 Å². The van der Waals surface area contributed by atoms with Crippen molar-refractivity contribution in [3.8, 4) is 0 Å². The molecule has 2 heterocycles. The van der Waals surface area contributed by atoms with E-state index < -0.39 is 17.2 Å². The summed E-state index contributed by atoms with van der Waals surface area (Å²) in [4.78, 5) is 39.6. The van der Waals surface area contributed by atoms with Crippen molar-refractivity contribution in [3.05, 3.63) is 80.7 Å². The zero-order chi connectivity index (χ0) is 23.4. The summed E-state index contributed by atoms with van der Waals surface area (Å²) < 4.78 is 5.42. The Kier molecular flexibility index (Phi) is 4.99. The summed E-state index contributed by atoms with van der Waals surface area (Å²) in [5, 5.41) is 3.56. The lowest BCUT2D eigenvalue weighted by Gasteiger charge is -2.24. The van der Waals surface area contributed by atoms with Crippen LogP contribution in [0.2, 0.25) is 0 Å². The van der Waals surface area contributed by atoms with Crippen LogP contribution in [0.5, 0.6) is 0 Å². The number of urea groups is 1. The van der Waals surface area contributed by atoms with Gasteiger partial charge in [0, 0.05) is 11.5 Å². The lowest BCUT2D eigenvalue weighted by Crippen LogP contribution is -2.40. The Morgan fingerprint density at radius 2 is 1.66 bits per heavy atom. The Morgan fingerprint density at radius 1 is 1.00 bits per heavy atom. The highest BCUT2D eigenvalue weighted by Crippen LogP contribution is 2.33. The monoisotopic (exact) mass is 432 g/mol. The van der Waals surface area contributed by atoms with Crippen molar-refractivity contribution >= 4 is 22.9 Å². The van der Waals surface area contributed by atoms with Crippen molar-refractivity contribution in [1.82, 2.24) is 10.2 Å². The normalized spacial score (nSPS) is 19.0. The van der Waals surface area contributed by atoms with Gasteiger partial charge in [-0.05, 0) is 54.0 Å². The van der Waals surface area contributed by atoms with Gasteiger partial charge in [-0.1, -0.05) is 57.2 Å². The van der Waals surface area contributed by atoms with Crippen LogP contribution in [0.1, 0.15) is 55.5 Å². The van der Waals surface area contributed by atoms with E-state index in [4.69, 9.17) is 4.42 Å². The van der Waals surface area contributed by atoms with Gasteiger partial charge in [0.15, 0.2) is 0 Å². The zero-order valence-corrected chi connectivity index (χ0v) is 19.3. The summed E-state index contributed by atoms with van der Waals surface area (Å²) in [5.74, 6) is -0.351. The van der Waals surface area contributed by atoms with Gasteiger partial charge in [-0.25, -0.2) is 9.59 Å². The lowest BCUT2D eigenvalue weighted by molar-refractivity contribution is -0.131. The predicted molar refractivity (Wildman–Crippen MR) is 124 cm³/mol. The molecule has 3 amide bonds. The van der Waals surface area contributed by atoms with Gasteiger partial charge in [0.1, 0.15) is 11.1 Å². The number of nitrogens with one attached hydrogen (secondary N) is 1. The zero-order valence-electron chi connectivity index (χ0n) is 19.3. The standard InChI is InChI=1S/C26H28N2O4/c1-15-7-12-20-17(13-21(29)32-22(20)16(15)2)14-28-23(30)26(6,27-24(28)31)19-10-8-18(9-11-19)25(3,4)5/h7-13H,14H2,1-6H3,(H,27,31). The van der Waals surface area contributed by atoms with E-state index in [1.165, 1.54) is 11.0 Å². The van der Waals surface area contributed by atoms with E-state index in [1.807, 2.05) is 50.2 Å². The second-order valence-electron chi connectivity index (χ2n) is 9.75. The molecule has 1 aromatic heterocycles. The average molecular weight is 433 g/mol. The third-order valence-corrected chi connectivity index (χ3v) is 6.45.